The Balaban J connectivity index is 0.000000567. The molecule has 0 aromatic carbocycles. The van der Waals surface area contributed by atoms with E-state index in [0.29, 0.717) is 5.69 Å². The molecular formula is C16H27N7O7. The minimum atomic E-state index is -1.14. The van der Waals surface area contributed by atoms with Crippen molar-refractivity contribution in [2.75, 3.05) is 13.1 Å². The summed E-state index contributed by atoms with van der Waals surface area (Å²) in [7, 11) is 0. The quantitative estimate of drug-likeness (QED) is 0.182. The molecule has 0 aliphatic carbocycles. The van der Waals surface area contributed by atoms with Crippen LogP contribution < -0.4 is 27.4 Å². The zero-order valence-electron chi connectivity index (χ0n) is 16.5. The standard InChI is InChI=1S/C9H14N4O3.C7H13N3O4/c1-5(10)8(14)13-7(9(15)16)2-6-3-11-4-12-6;1-4(8)7(14)10-2-5(11)9-3-6(12)13/h3-5,7H,2,10H2,1H3,(H,11,12)(H,13,14)(H,15,16);4H,2-3,8H2,1H3,(H,9,11)(H,10,14)(H,12,13)/t5-,7-;4-/m00/s1. The molecule has 14 nitrogen and oxygen atoms in total. The summed E-state index contributed by atoms with van der Waals surface area (Å²) in [5.41, 5.74) is 11.2. The van der Waals surface area contributed by atoms with Crippen LogP contribution in [0, 0.1) is 0 Å². The predicted molar refractivity (Wildman–Crippen MR) is 103 cm³/mol. The molecule has 0 saturated carbocycles. The number of rotatable bonds is 10. The van der Waals surface area contributed by atoms with Gasteiger partial charge < -0.3 is 42.6 Å². The van der Waals surface area contributed by atoms with Gasteiger partial charge in [0.25, 0.3) is 0 Å². The second-order valence-corrected chi connectivity index (χ2v) is 6.15. The van der Waals surface area contributed by atoms with Gasteiger partial charge in [0.05, 0.1) is 25.0 Å². The molecule has 168 valence electrons. The number of aromatic nitrogens is 2. The molecule has 1 rings (SSSR count). The Hall–Kier alpha value is -3.52. The number of hydrogen-bond acceptors (Lipinski definition) is 8. The molecule has 1 aromatic rings. The van der Waals surface area contributed by atoms with Crippen molar-refractivity contribution in [1.82, 2.24) is 25.9 Å². The average Bonchev–Trinajstić information content (AvgIpc) is 3.17. The number of amides is 3. The maximum atomic E-state index is 11.3. The molecule has 3 atom stereocenters. The minimum Gasteiger partial charge on any atom is -0.480 e. The first-order valence-corrected chi connectivity index (χ1v) is 8.71. The number of H-pyrrole nitrogens is 1. The van der Waals surface area contributed by atoms with Crippen LogP contribution in [0.3, 0.4) is 0 Å². The number of nitrogens with one attached hydrogen (secondary N) is 4. The molecule has 0 spiro atoms. The van der Waals surface area contributed by atoms with Crippen LogP contribution >= 0.6 is 0 Å². The number of nitrogens with two attached hydrogens (primary N) is 2. The van der Waals surface area contributed by atoms with Crippen LogP contribution in [0.1, 0.15) is 19.5 Å². The SMILES string of the molecule is C[C@H](N)C(=O)NCC(=O)NCC(=O)O.C[C@H](N)C(=O)N[C@@H](Cc1cnc[nH]1)C(=O)O. The van der Waals surface area contributed by atoms with Crippen LogP contribution in [-0.4, -0.2) is 81.1 Å². The van der Waals surface area contributed by atoms with Crippen molar-refractivity contribution in [2.45, 2.75) is 38.4 Å². The van der Waals surface area contributed by atoms with Crippen molar-refractivity contribution in [3.05, 3.63) is 18.2 Å². The summed E-state index contributed by atoms with van der Waals surface area (Å²) in [4.78, 5) is 60.4. The maximum Gasteiger partial charge on any atom is 0.326 e. The molecule has 0 bridgehead atoms. The maximum absolute atomic E-state index is 11.3. The fourth-order valence-corrected chi connectivity index (χ4v) is 1.68. The van der Waals surface area contributed by atoms with Gasteiger partial charge in [0, 0.05) is 18.3 Å². The first kappa shape index (κ1) is 26.5. The van der Waals surface area contributed by atoms with Crippen LogP contribution in [0.4, 0.5) is 0 Å². The number of carbonyl (C=O) groups is 5. The molecule has 1 heterocycles. The van der Waals surface area contributed by atoms with E-state index < -0.39 is 54.3 Å². The number of carboxylic acid groups (broad SMARTS) is 2. The Kier molecular flexibility index (Phi) is 12.0. The van der Waals surface area contributed by atoms with Crippen molar-refractivity contribution in [2.24, 2.45) is 11.5 Å². The molecule has 10 N–H and O–H groups in total. The molecule has 0 fully saturated rings. The Morgan fingerprint density at radius 3 is 2.07 bits per heavy atom. The van der Waals surface area contributed by atoms with Crippen molar-refractivity contribution >= 4 is 29.7 Å². The van der Waals surface area contributed by atoms with E-state index in [1.165, 1.54) is 26.4 Å². The minimum absolute atomic E-state index is 0.147. The highest BCUT2D eigenvalue weighted by molar-refractivity contribution is 5.88. The van der Waals surface area contributed by atoms with E-state index in [1.54, 1.807) is 0 Å². The topological polar surface area (TPSA) is 243 Å². The highest BCUT2D eigenvalue weighted by atomic mass is 16.4. The van der Waals surface area contributed by atoms with Gasteiger partial charge >= 0.3 is 11.9 Å². The Morgan fingerprint density at radius 2 is 1.63 bits per heavy atom. The number of carbonyl (C=O) groups excluding carboxylic acids is 3. The smallest absolute Gasteiger partial charge is 0.326 e. The monoisotopic (exact) mass is 429 g/mol. The van der Waals surface area contributed by atoms with Gasteiger partial charge in [-0.05, 0) is 13.8 Å². The lowest BCUT2D eigenvalue weighted by Gasteiger charge is -2.15. The van der Waals surface area contributed by atoms with Crippen LogP contribution in [0.2, 0.25) is 0 Å². The average molecular weight is 429 g/mol. The van der Waals surface area contributed by atoms with Gasteiger partial charge in [-0.15, -0.1) is 0 Å². The Bertz CT molecular complexity index is 720. The lowest BCUT2D eigenvalue weighted by atomic mass is 10.1. The Morgan fingerprint density at radius 1 is 1.03 bits per heavy atom. The molecule has 30 heavy (non-hydrogen) atoms. The molecule has 14 heteroatoms. The molecule has 1 aromatic heterocycles. The van der Waals surface area contributed by atoms with E-state index in [0.717, 1.165) is 0 Å². The molecular weight excluding hydrogens is 402 g/mol. The zero-order chi connectivity index (χ0) is 23.3. The van der Waals surface area contributed by atoms with Gasteiger partial charge in [0.1, 0.15) is 12.6 Å². The van der Waals surface area contributed by atoms with E-state index >= 15 is 0 Å². The van der Waals surface area contributed by atoms with Crippen molar-refractivity contribution in [1.29, 1.82) is 0 Å². The molecule has 3 amide bonds. The normalized spacial score (nSPS) is 12.9. The van der Waals surface area contributed by atoms with Gasteiger partial charge in [-0.3, -0.25) is 19.2 Å². The largest absolute Gasteiger partial charge is 0.480 e. The van der Waals surface area contributed by atoms with Gasteiger partial charge in [0.15, 0.2) is 0 Å². The van der Waals surface area contributed by atoms with Crippen molar-refractivity contribution in [3.8, 4) is 0 Å². The third-order valence-corrected chi connectivity index (χ3v) is 3.28. The van der Waals surface area contributed by atoms with Gasteiger partial charge in [-0.2, -0.15) is 0 Å². The number of nitrogens with zero attached hydrogens (tertiary/aromatic N) is 1. The van der Waals surface area contributed by atoms with E-state index in [4.69, 9.17) is 21.7 Å². The zero-order valence-corrected chi connectivity index (χ0v) is 16.5. The fraction of sp³-hybridized carbons (Fsp3) is 0.500. The fourth-order valence-electron chi connectivity index (χ4n) is 1.68. The summed E-state index contributed by atoms with van der Waals surface area (Å²) in [6.45, 7) is 2.23. The van der Waals surface area contributed by atoms with Crippen LogP contribution in [0.25, 0.3) is 0 Å². The number of imidazole rings is 1. The summed E-state index contributed by atoms with van der Waals surface area (Å²) in [6.07, 6.45) is 3.10. The van der Waals surface area contributed by atoms with Crippen LogP contribution in [0.5, 0.6) is 0 Å². The predicted octanol–water partition coefficient (Wildman–Crippen LogP) is -3.48. The summed E-state index contributed by atoms with van der Waals surface area (Å²) in [6, 6.07) is -2.43. The van der Waals surface area contributed by atoms with Gasteiger partial charge in [0.2, 0.25) is 17.7 Å². The summed E-state index contributed by atoms with van der Waals surface area (Å²) < 4.78 is 0. The third kappa shape index (κ3) is 12.0. The number of aromatic amines is 1. The van der Waals surface area contributed by atoms with Gasteiger partial charge in [-0.25, -0.2) is 9.78 Å². The molecule has 0 aliphatic rings. The lowest BCUT2D eigenvalue weighted by molar-refractivity contribution is -0.142. The highest BCUT2D eigenvalue weighted by Gasteiger charge is 2.22. The summed E-state index contributed by atoms with van der Waals surface area (Å²) in [5.74, 6) is -3.77. The van der Waals surface area contributed by atoms with E-state index in [9.17, 15) is 24.0 Å². The van der Waals surface area contributed by atoms with E-state index in [2.05, 4.69) is 25.9 Å². The first-order valence-electron chi connectivity index (χ1n) is 8.71. The van der Waals surface area contributed by atoms with Crippen molar-refractivity contribution < 1.29 is 34.2 Å². The van der Waals surface area contributed by atoms with E-state index in [1.807, 2.05) is 0 Å². The lowest BCUT2D eigenvalue weighted by Crippen LogP contribution is -2.48. The molecule has 0 radical (unpaired) electrons. The highest BCUT2D eigenvalue weighted by Crippen LogP contribution is 1.99. The molecule has 0 aliphatic heterocycles. The molecule has 0 unspecified atom stereocenters. The number of aliphatic carboxylic acids is 2. The number of hydrogen-bond donors (Lipinski definition) is 8. The summed E-state index contributed by atoms with van der Waals surface area (Å²) in [5, 5.41) is 23.8. The molecule has 0 saturated heterocycles. The Labute approximate surface area is 171 Å². The third-order valence-electron chi connectivity index (χ3n) is 3.28. The summed E-state index contributed by atoms with van der Waals surface area (Å²) >= 11 is 0. The van der Waals surface area contributed by atoms with Crippen LogP contribution in [0.15, 0.2) is 12.5 Å². The van der Waals surface area contributed by atoms with E-state index in [-0.39, 0.29) is 13.0 Å². The second kappa shape index (κ2) is 13.6. The number of carboxylic acids is 2. The second-order valence-electron chi connectivity index (χ2n) is 6.15. The van der Waals surface area contributed by atoms with Crippen molar-refractivity contribution in [3.63, 3.8) is 0 Å². The first-order chi connectivity index (χ1) is 13.9. The van der Waals surface area contributed by atoms with Crippen LogP contribution in [-0.2, 0) is 30.4 Å². The van der Waals surface area contributed by atoms with Gasteiger partial charge in [-0.1, -0.05) is 0 Å².